The summed E-state index contributed by atoms with van der Waals surface area (Å²) in [5, 5.41) is 2.06. The van der Waals surface area contributed by atoms with Crippen LogP contribution in [0.5, 0.6) is 0 Å². The smallest absolute Gasteiger partial charge is 0.371 e. The second-order valence-electron chi connectivity index (χ2n) is 2.49. The SMILES string of the molecule is CC(=O)C1=C[CH][C@H](C(F)(F)F)N1. The van der Waals surface area contributed by atoms with Gasteiger partial charge >= 0.3 is 6.18 Å². The van der Waals surface area contributed by atoms with Crippen molar-refractivity contribution in [1.29, 1.82) is 0 Å². The topological polar surface area (TPSA) is 29.1 Å². The first-order valence-electron chi connectivity index (χ1n) is 3.30. The fraction of sp³-hybridized carbons (Fsp3) is 0.429. The first-order valence-corrected chi connectivity index (χ1v) is 3.30. The van der Waals surface area contributed by atoms with Crippen molar-refractivity contribution < 1.29 is 18.0 Å². The van der Waals surface area contributed by atoms with Gasteiger partial charge in [-0.25, -0.2) is 0 Å². The van der Waals surface area contributed by atoms with Gasteiger partial charge in [-0.1, -0.05) is 6.08 Å². The van der Waals surface area contributed by atoms with Crippen LogP contribution in [-0.4, -0.2) is 18.0 Å². The Bertz CT molecular complexity index is 231. The van der Waals surface area contributed by atoms with Gasteiger partial charge in [0.2, 0.25) is 0 Å². The summed E-state index contributed by atoms with van der Waals surface area (Å²) in [4.78, 5) is 10.6. The van der Waals surface area contributed by atoms with E-state index in [1.54, 1.807) is 0 Å². The van der Waals surface area contributed by atoms with Gasteiger partial charge in [0.1, 0.15) is 6.04 Å². The number of ketones is 1. The average Bonchev–Trinajstić information content (AvgIpc) is 2.30. The Balaban J connectivity index is 2.59. The monoisotopic (exact) mass is 178 g/mol. The Morgan fingerprint density at radius 3 is 2.42 bits per heavy atom. The Labute approximate surface area is 67.4 Å². The van der Waals surface area contributed by atoms with Crippen molar-refractivity contribution in [3.05, 3.63) is 18.2 Å². The molecule has 0 unspecified atom stereocenters. The van der Waals surface area contributed by atoms with Crippen LogP contribution in [0.3, 0.4) is 0 Å². The molecule has 1 aliphatic rings. The standard InChI is InChI=1S/C7H7F3NO/c1-4(12)5-2-3-6(11-5)7(8,9)10/h2-3,6,11H,1H3/t6-/m1/s1. The second-order valence-corrected chi connectivity index (χ2v) is 2.49. The summed E-state index contributed by atoms with van der Waals surface area (Å²) in [6, 6.07) is -1.71. The number of hydrogen-bond acceptors (Lipinski definition) is 2. The fourth-order valence-corrected chi connectivity index (χ4v) is 0.866. The summed E-state index contributed by atoms with van der Waals surface area (Å²) in [6.45, 7) is 1.21. The number of Topliss-reactive ketones (excluding diaryl/α,β-unsaturated/α-hetero) is 1. The van der Waals surface area contributed by atoms with E-state index in [0.717, 1.165) is 12.5 Å². The van der Waals surface area contributed by atoms with Crippen LogP contribution in [0.2, 0.25) is 0 Å². The fourth-order valence-electron chi connectivity index (χ4n) is 0.866. The number of rotatable bonds is 1. The number of hydrogen-bond donors (Lipinski definition) is 1. The highest BCUT2D eigenvalue weighted by Crippen LogP contribution is 2.26. The second kappa shape index (κ2) is 2.80. The molecule has 67 valence electrons. The molecule has 0 aromatic heterocycles. The van der Waals surface area contributed by atoms with Gasteiger partial charge in [0.05, 0.1) is 5.70 Å². The highest BCUT2D eigenvalue weighted by molar-refractivity contribution is 5.93. The molecule has 0 aromatic carbocycles. The number of nitrogens with one attached hydrogen (secondary N) is 1. The maximum absolute atomic E-state index is 12.0. The minimum atomic E-state index is -4.33. The van der Waals surface area contributed by atoms with Gasteiger partial charge in [0, 0.05) is 13.3 Å². The predicted molar refractivity (Wildman–Crippen MR) is 36.0 cm³/mol. The molecule has 2 nitrogen and oxygen atoms in total. The zero-order valence-electron chi connectivity index (χ0n) is 6.27. The molecular formula is C7H7F3NO. The lowest BCUT2D eigenvalue weighted by Gasteiger charge is -2.15. The van der Waals surface area contributed by atoms with Crippen LogP contribution in [-0.2, 0) is 4.79 Å². The van der Waals surface area contributed by atoms with Gasteiger partial charge in [0.15, 0.2) is 5.78 Å². The zero-order valence-corrected chi connectivity index (χ0v) is 6.27. The normalized spacial score (nSPS) is 23.3. The summed E-state index contributed by atoms with van der Waals surface area (Å²) < 4.78 is 35.9. The molecule has 1 aliphatic heterocycles. The molecule has 0 spiro atoms. The molecule has 0 aliphatic carbocycles. The molecule has 0 bridgehead atoms. The van der Waals surface area contributed by atoms with Crippen molar-refractivity contribution in [1.82, 2.24) is 5.32 Å². The van der Waals surface area contributed by atoms with Gasteiger partial charge in [-0.15, -0.1) is 0 Å². The largest absolute Gasteiger partial charge is 0.409 e. The number of allylic oxidation sites excluding steroid dienone is 1. The van der Waals surface area contributed by atoms with E-state index in [-0.39, 0.29) is 5.70 Å². The van der Waals surface area contributed by atoms with Crippen molar-refractivity contribution >= 4 is 5.78 Å². The molecule has 0 fully saturated rings. The first kappa shape index (κ1) is 9.09. The van der Waals surface area contributed by atoms with Crippen LogP contribution in [0.4, 0.5) is 13.2 Å². The van der Waals surface area contributed by atoms with Crippen LogP contribution in [0, 0.1) is 6.42 Å². The molecular weight excluding hydrogens is 171 g/mol. The van der Waals surface area contributed by atoms with Gasteiger partial charge in [-0.3, -0.25) is 4.79 Å². The summed E-state index contributed by atoms with van der Waals surface area (Å²) in [7, 11) is 0. The Morgan fingerprint density at radius 1 is 1.58 bits per heavy atom. The van der Waals surface area contributed by atoms with Crippen molar-refractivity contribution in [2.45, 2.75) is 19.1 Å². The number of alkyl halides is 3. The third kappa shape index (κ3) is 1.78. The Hall–Kier alpha value is -1.00. The van der Waals surface area contributed by atoms with E-state index in [0.29, 0.717) is 0 Å². The van der Waals surface area contributed by atoms with E-state index in [9.17, 15) is 18.0 Å². The molecule has 12 heavy (non-hydrogen) atoms. The number of halogens is 3. The lowest BCUT2D eigenvalue weighted by molar-refractivity contribution is -0.144. The van der Waals surface area contributed by atoms with Crippen LogP contribution in [0.15, 0.2) is 11.8 Å². The molecule has 0 amide bonds. The van der Waals surface area contributed by atoms with E-state index in [2.05, 4.69) is 5.32 Å². The van der Waals surface area contributed by atoms with Crippen molar-refractivity contribution in [2.75, 3.05) is 0 Å². The van der Waals surface area contributed by atoms with Crippen molar-refractivity contribution in [3.8, 4) is 0 Å². The summed E-state index contributed by atoms with van der Waals surface area (Å²) in [5.74, 6) is -0.391. The molecule has 1 heterocycles. The quantitative estimate of drug-likeness (QED) is 0.653. The minimum absolute atomic E-state index is 0.0114. The van der Waals surface area contributed by atoms with E-state index < -0.39 is 18.0 Å². The summed E-state index contributed by atoms with van der Waals surface area (Å²) in [5.41, 5.74) is 0.0114. The third-order valence-electron chi connectivity index (χ3n) is 1.50. The molecule has 1 rings (SSSR count). The number of carbonyl (C=O) groups is 1. The number of carbonyl (C=O) groups excluding carboxylic acids is 1. The molecule has 0 saturated heterocycles. The average molecular weight is 178 g/mol. The highest BCUT2D eigenvalue weighted by atomic mass is 19.4. The first-order chi connectivity index (χ1) is 5.41. The van der Waals surface area contributed by atoms with Gasteiger partial charge in [-0.05, 0) is 0 Å². The lowest BCUT2D eigenvalue weighted by Crippen LogP contribution is -2.39. The highest BCUT2D eigenvalue weighted by Gasteiger charge is 2.42. The summed E-state index contributed by atoms with van der Waals surface area (Å²) >= 11 is 0. The van der Waals surface area contributed by atoms with E-state index in [1.165, 1.54) is 6.92 Å². The molecule has 0 saturated carbocycles. The summed E-state index contributed by atoms with van der Waals surface area (Å²) in [6.07, 6.45) is -2.25. The Morgan fingerprint density at radius 2 is 2.17 bits per heavy atom. The maximum Gasteiger partial charge on any atom is 0.409 e. The molecule has 1 atom stereocenters. The van der Waals surface area contributed by atoms with Crippen LogP contribution in [0.1, 0.15) is 6.92 Å². The van der Waals surface area contributed by atoms with E-state index in [4.69, 9.17) is 0 Å². The molecule has 0 aromatic rings. The van der Waals surface area contributed by atoms with E-state index in [1.807, 2.05) is 0 Å². The Kier molecular flexibility index (Phi) is 2.12. The maximum atomic E-state index is 12.0. The molecule has 5 heteroatoms. The van der Waals surface area contributed by atoms with Crippen molar-refractivity contribution in [2.24, 2.45) is 0 Å². The van der Waals surface area contributed by atoms with Gasteiger partial charge < -0.3 is 5.32 Å². The minimum Gasteiger partial charge on any atom is -0.371 e. The van der Waals surface area contributed by atoms with Gasteiger partial charge in [0.25, 0.3) is 0 Å². The third-order valence-corrected chi connectivity index (χ3v) is 1.50. The van der Waals surface area contributed by atoms with Crippen LogP contribution in [0.25, 0.3) is 0 Å². The lowest BCUT2D eigenvalue weighted by atomic mass is 10.2. The van der Waals surface area contributed by atoms with Crippen molar-refractivity contribution in [3.63, 3.8) is 0 Å². The van der Waals surface area contributed by atoms with Crippen LogP contribution < -0.4 is 5.32 Å². The van der Waals surface area contributed by atoms with E-state index >= 15 is 0 Å². The molecule has 1 N–H and O–H groups in total. The van der Waals surface area contributed by atoms with Crippen LogP contribution >= 0.6 is 0 Å². The molecule has 1 radical (unpaired) electrons. The zero-order chi connectivity index (χ0) is 9.35. The predicted octanol–water partition coefficient (Wildman–Crippen LogP) is 1.20. The van der Waals surface area contributed by atoms with Gasteiger partial charge in [-0.2, -0.15) is 13.2 Å².